The first-order valence-corrected chi connectivity index (χ1v) is 6.85. The Kier molecular flexibility index (Phi) is 4.27. The van der Waals surface area contributed by atoms with E-state index < -0.39 is 0 Å². The largest absolute Gasteiger partial charge is 0.314 e. The van der Waals surface area contributed by atoms with Crippen LogP contribution in [0.2, 0.25) is 0 Å². The van der Waals surface area contributed by atoms with Crippen molar-refractivity contribution in [2.75, 3.05) is 32.4 Å². The molecule has 1 fully saturated rings. The summed E-state index contributed by atoms with van der Waals surface area (Å²) in [5.74, 6) is 1.18. The van der Waals surface area contributed by atoms with E-state index in [1.54, 1.807) is 0 Å². The van der Waals surface area contributed by atoms with Crippen molar-refractivity contribution in [1.29, 1.82) is 0 Å². The second kappa shape index (κ2) is 5.71. The van der Waals surface area contributed by atoms with Gasteiger partial charge >= 0.3 is 0 Å². The van der Waals surface area contributed by atoms with Gasteiger partial charge in [-0.25, -0.2) is 0 Å². The molecule has 1 N–H and O–H groups in total. The lowest BCUT2D eigenvalue weighted by molar-refractivity contribution is 0.190. The molecule has 0 spiro atoms. The molecule has 0 aromatic heterocycles. The Hall–Kier alpha value is -0.510. The molecule has 0 unspecified atom stereocenters. The molecule has 1 heterocycles. The van der Waals surface area contributed by atoms with Crippen molar-refractivity contribution in [2.24, 2.45) is 0 Å². The Morgan fingerprint density at radius 3 is 2.56 bits per heavy atom. The minimum Gasteiger partial charge on any atom is -0.314 e. The van der Waals surface area contributed by atoms with Crippen LogP contribution in [-0.4, -0.2) is 43.4 Å². The topological polar surface area (TPSA) is 15.3 Å². The molecule has 0 radical (unpaired) electrons. The average molecular weight is 236 g/mol. The first-order chi connectivity index (χ1) is 7.75. The number of nitrogens with zero attached hydrogens (tertiary/aromatic N) is 1. The molecule has 0 atom stereocenters. The highest BCUT2D eigenvalue weighted by Crippen LogP contribution is 2.18. The quantitative estimate of drug-likeness (QED) is 0.787. The fourth-order valence-corrected chi connectivity index (χ4v) is 2.65. The Morgan fingerprint density at radius 1 is 1.31 bits per heavy atom. The van der Waals surface area contributed by atoms with E-state index in [1.807, 2.05) is 11.8 Å². The summed E-state index contributed by atoms with van der Waals surface area (Å²) in [6, 6.07) is 9.55. The number of thioether (sulfide) groups is 1. The number of hydrogen-bond donors (Lipinski definition) is 1. The predicted molar refractivity (Wildman–Crippen MR) is 71.2 cm³/mol. The highest BCUT2D eigenvalue weighted by molar-refractivity contribution is 7.99. The lowest BCUT2D eigenvalue weighted by Gasteiger charge is -2.35. The number of benzene rings is 1. The number of likely N-dealkylation sites (N-methyl/N-ethyl adjacent to an activating group) is 1. The van der Waals surface area contributed by atoms with Crippen LogP contribution in [0.3, 0.4) is 0 Å². The van der Waals surface area contributed by atoms with Gasteiger partial charge in [-0.1, -0.05) is 17.7 Å². The smallest absolute Gasteiger partial charge is 0.0342 e. The van der Waals surface area contributed by atoms with E-state index in [1.165, 1.54) is 22.8 Å². The molecule has 88 valence electrons. The first-order valence-electron chi connectivity index (χ1n) is 5.86. The number of hydrogen-bond acceptors (Lipinski definition) is 3. The minimum atomic E-state index is 0.763. The summed E-state index contributed by atoms with van der Waals surface area (Å²) in [6.07, 6.45) is 0. The van der Waals surface area contributed by atoms with Crippen molar-refractivity contribution in [3.63, 3.8) is 0 Å². The average Bonchev–Trinajstić information content (AvgIpc) is 2.18. The van der Waals surface area contributed by atoms with Crippen LogP contribution in [0, 0.1) is 6.92 Å². The molecule has 1 aromatic rings. The van der Waals surface area contributed by atoms with Crippen molar-refractivity contribution in [1.82, 2.24) is 10.2 Å². The zero-order chi connectivity index (χ0) is 11.4. The fourth-order valence-electron chi connectivity index (χ4n) is 1.71. The van der Waals surface area contributed by atoms with E-state index in [2.05, 4.69) is 48.5 Å². The van der Waals surface area contributed by atoms with E-state index in [0.29, 0.717) is 0 Å². The predicted octanol–water partition coefficient (Wildman–Crippen LogP) is 1.99. The fraction of sp³-hybridized carbons (Fsp3) is 0.538. The number of rotatable bonds is 5. The highest BCUT2D eigenvalue weighted by atomic mass is 32.2. The van der Waals surface area contributed by atoms with E-state index in [4.69, 9.17) is 0 Å². The normalized spacial score (nSPS) is 16.4. The molecular formula is C13H20N2S. The summed E-state index contributed by atoms with van der Waals surface area (Å²) in [5, 5.41) is 3.31. The highest BCUT2D eigenvalue weighted by Gasteiger charge is 2.20. The van der Waals surface area contributed by atoms with Crippen molar-refractivity contribution < 1.29 is 0 Å². The first kappa shape index (κ1) is 12.0. The van der Waals surface area contributed by atoms with Crippen LogP contribution in [0.4, 0.5) is 0 Å². The van der Waals surface area contributed by atoms with E-state index in [-0.39, 0.29) is 0 Å². The van der Waals surface area contributed by atoms with Crippen molar-refractivity contribution in [3.05, 3.63) is 29.8 Å². The molecule has 2 nitrogen and oxygen atoms in total. The summed E-state index contributed by atoms with van der Waals surface area (Å²) in [5.41, 5.74) is 1.34. The third kappa shape index (κ3) is 3.24. The molecule has 0 saturated carbocycles. The van der Waals surface area contributed by atoms with E-state index >= 15 is 0 Å². The second-order valence-electron chi connectivity index (χ2n) is 4.45. The molecule has 1 aromatic carbocycles. The summed E-state index contributed by atoms with van der Waals surface area (Å²) < 4.78 is 0. The van der Waals surface area contributed by atoms with Crippen molar-refractivity contribution in [3.8, 4) is 0 Å². The van der Waals surface area contributed by atoms with Gasteiger partial charge in [-0.2, -0.15) is 0 Å². The molecule has 16 heavy (non-hydrogen) atoms. The lowest BCUT2D eigenvalue weighted by atomic mass is 10.1. The van der Waals surface area contributed by atoms with Gasteiger partial charge in [-0.05, 0) is 26.1 Å². The second-order valence-corrected chi connectivity index (χ2v) is 5.62. The SMILES string of the molecule is Cc1ccc(SCCN(C)C2CNC2)cc1. The van der Waals surface area contributed by atoms with Gasteiger partial charge in [0.2, 0.25) is 0 Å². The van der Waals surface area contributed by atoms with E-state index in [0.717, 1.165) is 19.1 Å². The monoisotopic (exact) mass is 236 g/mol. The van der Waals surface area contributed by atoms with Crippen LogP contribution in [0.1, 0.15) is 5.56 Å². The lowest BCUT2D eigenvalue weighted by Crippen LogP contribution is -2.56. The van der Waals surface area contributed by atoms with Crippen LogP contribution in [0.15, 0.2) is 29.2 Å². The van der Waals surface area contributed by atoms with Gasteiger partial charge in [0.05, 0.1) is 0 Å². The molecule has 1 saturated heterocycles. The van der Waals surface area contributed by atoms with Crippen LogP contribution in [0.5, 0.6) is 0 Å². The van der Waals surface area contributed by atoms with Gasteiger partial charge in [0.15, 0.2) is 0 Å². The van der Waals surface area contributed by atoms with Crippen molar-refractivity contribution in [2.45, 2.75) is 17.9 Å². The minimum absolute atomic E-state index is 0.763. The molecule has 0 amide bonds. The van der Waals surface area contributed by atoms with Gasteiger partial charge in [0.25, 0.3) is 0 Å². The maximum atomic E-state index is 3.31. The van der Waals surface area contributed by atoms with Crippen LogP contribution in [0.25, 0.3) is 0 Å². The summed E-state index contributed by atoms with van der Waals surface area (Å²) in [4.78, 5) is 3.84. The maximum absolute atomic E-state index is 3.31. The van der Waals surface area contributed by atoms with Gasteiger partial charge < -0.3 is 10.2 Å². The molecule has 0 bridgehead atoms. The number of nitrogens with one attached hydrogen (secondary N) is 1. The summed E-state index contributed by atoms with van der Waals surface area (Å²) in [7, 11) is 2.22. The number of aryl methyl sites for hydroxylation is 1. The molecule has 0 aliphatic carbocycles. The van der Waals surface area contributed by atoms with Crippen molar-refractivity contribution >= 4 is 11.8 Å². The summed E-state index contributed by atoms with van der Waals surface area (Å²) in [6.45, 7) is 5.62. The summed E-state index contributed by atoms with van der Waals surface area (Å²) >= 11 is 1.95. The molecule has 1 aliphatic rings. The van der Waals surface area contributed by atoms with E-state index in [9.17, 15) is 0 Å². The Balaban J connectivity index is 1.69. The van der Waals surface area contributed by atoms with Gasteiger partial charge in [-0.15, -0.1) is 11.8 Å². The standard InChI is InChI=1S/C13H20N2S/c1-11-3-5-13(6-4-11)16-8-7-15(2)12-9-14-10-12/h3-6,12,14H,7-10H2,1-2H3. The van der Waals surface area contributed by atoms with Crippen LogP contribution in [-0.2, 0) is 0 Å². The molecule has 2 rings (SSSR count). The van der Waals surface area contributed by atoms with Crippen LogP contribution < -0.4 is 5.32 Å². The van der Waals surface area contributed by atoms with Crippen LogP contribution >= 0.6 is 11.8 Å². The molecule has 3 heteroatoms. The molecular weight excluding hydrogens is 216 g/mol. The molecule has 1 aliphatic heterocycles. The van der Waals surface area contributed by atoms with Gasteiger partial charge in [-0.3, -0.25) is 0 Å². The third-order valence-electron chi connectivity index (χ3n) is 3.12. The zero-order valence-electron chi connectivity index (χ0n) is 10.1. The maximum Gasteiger partial charge on any atom is 0.0342 e. The zero-order valence-corrected chi connectivity index (χ0v) is 10.9. The third-order valence-corrected chi connectivity index (χ3v) is 4.11. The Labute approximate surface area is 102 Å². The van der Waals surface area contributed by atoms with Gasteiger partial charge in [0, 0.05) is 36.3 Å². The van der Waals surface area contributed by atoms with Gasteiger partial charge in [0.1, 0.15) is 0 Å². The Bertz CT molecular complexity index is 319. The Morgan fingerprint density at radius 2 is 2.00 bits per heavy atom.